The summed E-state index contributed by atoms with van der Waals surface area (Å²) in [6, 6.07) is 13.6. The molecule has 1 N–H and O–H groups in total. The number of amides is 1. The molecular weight excluding hydrogens is 358 g/mol. The Balaban J connectivity index is 1.52. The Morgan fingerprint density at radius 1 is 1.22 bits per heavy atom. The molecule has 1 aliphatic rings. The van der Waals surface area contributed by atoms with Gasteiger partial charge in [-0.2, -0.15) is 5.26 Å². The van der Waals surface area contributed by atoms with Crippen molar-refractivity contribution in [2.24, 2.45) is 0 Å². The van der Waals surface area contributed by atoms with Crippen molar-refractivity contribution in [3.05, 3.63) is 47.7 Å². The van der Waals surface area contributed by atoms with Crippen LogP contribution in [0, 0.1) is 11.3 Å². The predicted molar refractivity (Wildman–Crippen MR) is 106 cm³/mol. The van der Waals surface area contributed by atoms with E-state index in [9.17, 15) is 10.1 Å². The van der Waals surface area contributed by atoms with Gasteiger partial charge in [-0.1, -0.05) is 31.4 Å². The van der Waals surface area contributed by atoms with E-state index in [-0.39, 0.29) is 17.5 Å². The van der Waals surface area contributed by atoms with Gasteiger partial charge in [0, 0.05) is 12.1 Å². The van der Waals surface area contributed by atoms with Crippen molar-refractivity contribution in [1.29, 1.82) is 5.26 Å². The minimum absolute atomic E-state index is 0.0609. The van der Waals surface area contributed by atoms with Crippen molar-refractivity contribution in [2.75, 3.05) is 0 Å². The second kappa shape index (κ2) is 7.77. The summed E-state index contributed by atoms with van der Waals surface area (Å²) in [5.41, 5.74) is 0.987. The van der Waals surface area contributed by atoms with Gasteiger partial charge >= 0.3 is 0 Å². The number of benzene rings is 1. The van der Waals surface area contributed by atoms with Crippen LogP contribution < -0.4 is 5.32 Å². The highest BCUT2D eigenvalue weighted by atomic mass is 32.1. The zero-order valence-corrected chi connectivity index (χ0v) is 15.6. The zero-order chi connectivity index (χ0) is 18.6. The van der Waals surface area contributed by atoms with Crippen molar-refractivity contribution >= 4 is 33.5 Å². The normalized spacial score (nSPS) is 15.6. The van der Waals surface area contributed by atoms with Gasteiger partial charge in [-0.05, 0) is 37.1 Å². The standard InChI is InChI=1S/C21H19N3O2S/c22-13-14(20(25)23-15-6-2-1-3-7-15)12-16-10-11-18(26-16)21-24-17-8-4-5-9-19(17)27-21/h4-5,8-12,15H,1-3,6-7H2,(H,23,25)/b14-12+. The van der Waals surface area contributed by atoms with Gasteiger partial charge in [-0.15, -0.1) is 11.3 Å². The lowest BCUT2D eigenvalue weighted by Crippen LogP contribution is -2.36. The van der Waals surface area contributed by atoms with Gasteiger partial charge in [0.1, 0.15) is 17.4 Å². The Labute approximate surface area is 161 Å². The molecule has 3 aromatic rings. The van der Waals surface area contributed by atoms with Gasteiger partial charge in [0.25, 0.3) is 5.91 Å². The number of para-hydroxylation sites is 1. The quantitative estimate of drug-likeness (QED) is 0.517. The van der Waals surface area contributed by atoms with Crippen LogP contribution in [-0.4, -0.2) is 16.9 Å². The van der Waals surface area contributed by atoms with E-state index in [1.807, 2.05) is 36.4 Å². The third-order valence-corrected chi connectivity index (χ3v) is 5.77. The van der Waals surface area contributed by atoms with Crippen molar-refractivity contribution < 1.29 is 9.21 Å². The van der Waals surface area contributed by atoms with Crippen LogP contribution in [0.2, 0.25) is 0 Å². The molecule has 2 heterocycles. The second-order valence-corrected chi connectivity index (χ2v) is 7.70. The molecule has 27 heavy (non-hydrogen) atoms. The summed E-state index contributed by atoms with van der Waals surface area (Å²) in [6.45, 7) is 0. The summed E-state index contributed by atoms with van der Waals surface area (Å²) in [5.74, 6) is 0.773. The van der Waals surface area contributed by atoms with E-state index in [0.717, 1.165) is 40.9 Å². The first-order valence-electron chi connectivity index (χ1n) is 9.11. The molecule has 0 atom stereocenters. The van der Waals surface area contributed by atoms with Gasteiger partial charge in [-0.3, -0.25) is 4.79 Å². The highest BCUT2D eigenvalue weighted by Crippen LogP contribution is 2.31. The molecule has 0 bridgehead atoms. The average molecular weight is 377 g/mol. The maximum Gasteiger partial charge on any atom is 0.262 e. The molecule has 1 fully saturated rings. The van der Waals surface area contributed by atoms with Gasteiger partial charge in [-0.25, -0.2) is 4.98 Å². The molecule has 1 aliphatic carbocycles. The summed E-state index contributed by atoms with van der Waals surface area (Å²) in [7, 11) is 0. The van der Waals surface area contributed by atoms with Gasteiger partial charge in [0.05, 0.1) is 10.2 Å². The molecular formula is C21H19N3O2S. The van der Waals surface area contributed by atoms with E-state index in [2.05, 4.69) is 10.3 Å². The van der Waals surface area contributed by atoms with Crippen molar-refractivity contribution in [3.63, 3.8) is 0 Å². The molecule has 0 saturated heterocycles. The number of furan rings is 1. The Hall–Kier alpha value is -2.91. The van der Waals surface area contributed by atoms with Crippen molar-refractivity contribution in [3.8, 4) is 16.8 Å². The molecule has 6 heteroatoms. The molecule has 5 nitrogen and oxygen atoms in total. The van der Waals surface area contributed by atoms with Crippen LogP contribution in [0.25, 0.3) is 27.1 Å². The molecule has 136 valence electrons. The highest BCUT2D eigenvalue weighted by molar-refractivity contribution is 7.21. The van der Waals surface area contributed by atoms with E-state index in [1.54, 1.807) is 17.4 Å². The Morgan fingerprint density at radius 3 is 2.81 bits per heavy atom. The number of nitriles is 1. The lowest BCUT2D eigenvalue weighted by Gasteiger charge is -2.22. The fraction of sp³-hybridized carbons (Fsp3) is 0.286. The first-order chi connectivity index (χ1) is 13.2. The molecule has 1 aromatic carbocycles. The van der Waals surface area contributed by atoms with Crippen LogP contribution in [0.1, 0.15) is 37.9 Å². The molecule has 0 spiro atoms. The molecule has 0 radical (unpaired) electrons. The van der Waals surface area contributed by atoms with Crippen LogP contribution in [0.5, 0.6) is 0 Å². The van der Waals surface area contributed by atoms with Gasteiger partial charge in [0.2, 0.25) is 0 Å². The lowest BCUT2D eigenvalue weighted by molar-refractivity contribution is -0.117. The van der Waals surface area contributed by atoms with E-state index < -0.39 is 0 Å². The Bertz CT molecular complexity index is 1000. The van der Waals surface area contributed by atoms with E-state index >= 15 is 0 Å². The van der Waals surface area contributed by atoms with Crippen molar-refractivity contribution in [1.82, 2.24) is 10.3 Å². The maximum absolute atomic E-state index is 12.4. The highest BCUT2D eigenvalue weighted by Gasteiger charge is 2.18. The van der Waals surface area contributed by atoms with Crippen molar-refractivity contribution in [2.45, 2.75) is 38.1 Å². The third kappa shape index (κ3) is 3.93. The summed E-state index contributed by atoms with van der Waals surface area (Å²) in [6.07, 6.45) is 6.92. The third-order valence-electron chi connectivity index (χ3n) is 4.72. The molecule has 1 amide bonds. The van der Waals surface area contributed by atoms with Crippen LogP contribution in [0.15, 0.2) is 46.4 Å². The second-order valence-electron chi connectivity index (χ2n) is 6.67. The molecule has 1 saturated carbocycles. The summed E-state index contributed by atoms with van der Waals surface area (Å²) in [5, 5.41) is 13.1. The fourth-order valence-electron chi connectivity index (χ4n) is 3.32. The Morgan fingerprint density at radius 2 is 2.04 bits per heavy atom. The number of hydrogen-bond acceptors (Lipinski definition) is 5. The van der Waals surface area contributed by atoms with E-state index in [0.29, 0.717) is 11.5 Å². The number of fused-ring (bicyclic) bond motifs is 1. The number of carbonyl (C=O) groups excluding carboxylic acids is 1. The van der Waals surface area contributed by atoms with Crippen LogP contribution in [0.3, 0.4) is 0 Å². The van der Waals surface area contributed by atoms with Crippen LogP contribution in [-0.2, 0) is 4.79 Å². The Kier molecular flexibility index (Phi) is 5.03. The van der Waals surface area contributed by atoms with Gasteiger partial charge < -0.3 is 9.73 Å². The number of thiazole rings is 1. The smallest absolute Gasteiger partial charge is 0.262 e. The number of aromatic nitrogens is 1. The maximum atomic E-state index is 12.4. The van der Waals surface area contributed by atoms with Crippen LogP contribution in [0.4, 0.5) is 0 Å². The molecule has 4 rings (SSSR count). The SMILES string of the molecule is N#C/C(=C\c1ccc(-c2nc3ccccc3s2)o1)C(=O)NC1CCCCC1. The average Bonchev–Trinajstić information content (AvgIpc) is 3.33. The van der Waals surface area contributed by atoms with E-state index in [1.165, 1.54) is 12.5 Å². The first-order valence-corrected chi connectivity index (χ1v) is 9.93. The largest absolute Gasteiger partial charge is 0.454 e. The minimum atomic E-state index is -0.331. The predicted octanol–water partition coefficient (Wildman–Crippen LogP) is 4.91. The lowest BCUT2D eigenvalue weighted by atomic mass is 9.95. The minimum Gasteiger partial charge on any atom is -0.454 e. The summed E-state index contributed by atoms with van der Waals surface area (Å²) in [4.78, 5) is 17.0. The summed E-state index contributed by atoms with van der Waals surface area (Å²) >= 11 is 1.55. The number of hydrogen-bond donors (Lipinski definition) is 1. The number of nitrogens with one attached hydrogen (secondary N) is 1. The first kappa shape index (κ1) is 17.5. The molecule has 2 aromatic heterocycles. The van der Waals surface area contributed by atoms with Gasteiger partial charge in [0.15, 0.2) is 10.8 Å². The number of rotatable bonds is 4. The topological polar surface area (TPSA) is 78.9 Å². The number of nitrogens with zero attached hydrogens (tertiary/aromatic N) is 2. The fourth-order valence-corrected chi connectivity index (χ4v) is 4.25. The monoisotopic (exact) mass is 377 g/mol. The number of carbonyl (C=O) groups is 1. The van der Waals surface area contributed by atoms with Crippen LogP contribution >= 0.6 is 11.3 Å². The molecule has 0 unspecified atom stereocenters. The summed E-state index contributed by atoms with van der Waals surface area (Å²) < 4.78 is 6.90. The molecule has 0 aliphatic heterocycles. The van der Waals surface area contributed by atoms with E-state index in [4.69, 9.17) is 4.42 Å². The zero-order valence-electron chi connectivity index (χ0n) is 14.8.